The molecule has 0 aromatic rings. The third-order valence-electron chi connectivity index (χ3n) is 0.777. The van der Waals surface area contributed by atoms with Crippen molar-refractivity contribution in [1.82, 2.24) is 0 Å². The predicted octanol–water partition coefficient (Wildman–Crippen LogP) is 0.851. The largest absolute Gasteiger partial charge is 0.376 e. The lowest BCUT2D eigenvalue weighted by atomic mass is 10.3. The van der Waals surface area contributed by atoms with Crippen molar-refractivity contribution < 1.29 is 4.84 Å². The van der Waals surface area contributed by atoms with Crippen LogP contribution in [0.3, 0.4) is 0 Å². The first-order valence-corrected chi connectivity index (χ1v) is 2.48. The van der Waals surface area contributed by atoms with Crippen LogP contribution in [-0.4, -0.2) is 11.3 Å². The van der Waals surface area contributed by atoms with Crippen molar-refractivity contribution in [3.05, 3.63) is 0 Å². The zero-order valence-corrected chi connectivity index (χ0v) is 4.72. The quantitative estimate of drug-likeness (QED) is 0.488. The average molecular weight is 131 g/mol. The number of rotatable bonds is 0. The lowest BCUT2D eigenvalue weighted by molar-refractivity contribution is 0.125. The summed E-state index contributed by atoms with van der Waals surface area (Å²) in [7, 11) is 0. The third kappa shape index (κ3) is 0.903. The molecule has 1 aliphatic rings. The summed E-state index contributed by atoms with van der Waals surface area (Å²) in [5.74, 6) is 0. The highest BCUT2D eigenvalue weighted by Crippen LogP contribution is 2.10. The van der Waals surface area contributed by atoms with Crippen LogP contribution in [0, 0.1) is 11.3 Å². The molecule has 0 saturated heterocycles. The van der Waals surface area contributed by atoms with Crippen LogP contribution in [0.15, 0.2) is 5.16 Å². The summed E-state index contributed by atoms with van der Waals surface area (Å²) in [6, 6.07) is 1.87. The predicted molar refractivity (Wildman–Crippen MR) is 28.4 cm³/mol. The highest BCUT2D eigenvalue weighted by molar-refractivity contribution is 6.65. The van der Waals surface area contributed by atoms with Gasteiger partial charge >= 0.3 is 0 Å². The maximum atomic E-state index is 8.18. The van der Waals surface area contributed by atoms with Crippen LogP contribution in [0.5, 0.6) is 0 Å². The topological polar surface area (TPSA) is 45.4 Å². The monoisotopic (exact) mass is 130 g/mol. The standard InChI is InChI=1S/C4H3ClN2O/c5-4-1-3(2-6)8-7-4/h3H,1H2. The van der Waals surface area contributed by atoms with E-state index in [4.69, 9.17) is 16.9 Å². The molecule has 1 heterocycles. The Bertz CT molecular complexity index is 160. The first-order chi connectivity index (χ1) is 3.83. The molecule has 4 heteroatoms. The SMILES string of the molecule is N#CC1CC(Cl)=NO1. The van der Waals surface area contributed by atoms with Crippen molar-refractivity contribution in [2.45, 2.75) is 12.5 Å². The molecule has 1 unspecified atom stereocenters. The third-order valence-corrected chi connectivity index (χ3v) is 1.00. The molecule has 1 rings (SSSR count). The van der Waals surface area contributed by atoms with Crippen LogP contribution >= 0.6 is 11.6 Å². The summed E-state index contributed by atoms with van der Waals surface area (Å²) in [6.07, 6.45) is -0.0274. The molecule has 0 spiro atoms. The highest BCUT2D eigenvalue weighted by atomic mass is 35.5. The molecule has 0 amide bonds. The molecule has 0 aromatic heterocycles. The fraction of sp³-hybridized carbons (Fsp3) is 0.500. The summed E-state index contributed by atoms with van der Waals surface area (Å²) >= 11 is 5.36. The van der Waals surface area contributed by atoms with E-state index in [9.17, 15) is 0 Å². The van der Waals surface area contributed by atoms with Crippen LogP contribution in [0.1, 0.15) is 6.42 Å². The lowest BCUT2D eigenvalue weighted by Crippen LogP contribution is -2.00. The van der Waals surface area contributed by atoms with Crippen molar-refractivity contribution in [2.24, 2.45) is 5.16 Å². The van der Waals surface area contributed by atoms with E-state index in [-0.39, 0.29) is 0 Å². The van der Waals surface area contributed by atoms with Gasteiger partial charge in [-0.25, -0.2) is 0 Å². The maximum Gasteiger partial charge on any atom is 0.219 e. The molecule has 0 N–H and O–H groups in total. The molecule has 3 nitrogen and oxygen atoms in total. The summed E-state index contributed by atoms with van der Waals surface area (Å²) in [5.41, 5.74) is 0. The Labute approximate surface area is 51.5 Å². The van der Waals surface area contributed by atoms with Gasteiger partial charge in [-0.2, -0.15) is 5.26 Å². The molecule has 0 aliphatic carbocycles. The molecule has 0 bridgehead atoms. The maximum absolute atomic E-state index is 8.18. The minimum absolute atomic E-state index is 0.372. The lowest BCUT2D eigenvalue weighted by Gasteiger charge is -1.90. The average Bonchev–Trinajstić information content (AvgIpc) is 2.14. The van der Waals surface area contributed by atoms with Crippen molar-refractivity contribution in [2.75, 3.05) is 0 Å². The van der Waals surface area contributed by atoms with E-state index in [0.717, 1.165) is 0 Å². The number of hydrogen-bond donors (Lipinski definition) is 0. The van der Waals surface area contributed by atoms with Crippen molar-refractivity contribution >= 4 is 16.8 Å². The molecule has 0 fully saturated rings. The minimum Gasteiger partial charge on any atom is -0.376 e. The number of nitriles is 1. The van der Waals surface area contributed by atoms with E-state index in [2.05, 4.69) is 9.99 Å². The Morgan fingerprint density at radius 2 is 2.75 bits per heavy atom. The van der Waals surface area contributed by atoms with Gasteiger partial charge in [0.1, 0.15) is 11.2 Å². The van der Waals surface area contributed by atoms with Gasteiger partial charge in [0.25, 0.3) is 0 Å². The highest BCUT2D eigenvalue weighted by Gasteiger charge is 2.17. The van der Waals surface area contributed by atoms with Crippen molar-refractivity contribution in [3.63, 3.8) is 0 Å². The number of hydrogen-bond acceptors (Lipinski definition) is 3. The van der Waals surface area contributed by atoms with Crippen LogP contribution in [-0.2, 0) is 4.84 Å². The van der Waals surface area contributed by atoms with Crippen molar-refractivity contribution in [3.8, 4) is 6.07 Å². The molecule has 0 radical (unpaired) electrons. The van der Waals surface area contributed by atoms with E-state index in [1.165, 1.54) is 0 Å². The summed E-state index contributed by atoms with van der Waals surface area (Å²) in [5, 5.41) is 11.9. The summed E-state index contributed by atoms with van der Waals surface area (Å²) in [4.78, 5) is 4.51. The van der Waals surface area contributed by atoms with Gasteiger partial charge in [0.05, 0.1) is 6.42 Å². The van der Waals surface area contributed by atoms with E-state index in [1.54, 1.807) is 0 Å². The van der Waals surface area contributed by atoms with Gasteiger partial charge in [0.15, 0.2) is 0 Å². The molecule has 8 heavy (non-hydrogen) atoms. The van der Waals surface area contributed by atoms with E-state index in [1.807, 2.05) is 6.07 Å². The number of halogens is 1. The molecule has 42 valence electrons. The van der Waals surface area contributed by atoms with Crippen LogP contribution in [0.4, 0.5) is 0 Å². The molecular formula is C4H3ClN2O. The Morgan fingerprint density at radius 1 is 2.00 bits per heavy atom. The van der Waals surface area contributed by atoms with Crippen LogP contribution in [0.2, 0.25) is 0 Å². The zero-order chi connectivity index (χ0) is 5.98. The second-order valence-corrected chi connectivity index (χ2v) is 1.83. The summed E-state index contributed by atoms with van der Waals surface area (Å²) < 4.78 is 0. The van der Waals surface area contributed by atoms with Gasteiger partial charge in [-0.3, -0.25) is 0 Å². The van der Waals surface area contributed by atoms with Gasteiger partial charge in [-0.05, 0) is 0 Å². The van der Waals surface area contributed by atoms with Crippen LogP contribution in [0.25, 0.3) is 0 Å². The van der Waals surface area contributed by atoms with Crippen LogP contribution < -0.4 is 0 Å². The zero-order valence-electron chi connectivity index (χ0n) is 3.97. The Balaban J connectivity index is 2.47. The molecule has 0 aromatic carbocycles. The Hall–Kier alpha value is -0.750. The van der Waals surface area contributed by atoms with Crippen molar-refractivity contribution in [1.29, 1.82) is 5.26 Å². The molecule has 1 atom stereocenters. The van der Waals surface area contributed by atoms with E-state index < -0.39 is 6.10 Å². The Kier molecular flexibility index (Phi) is 1.36. The van der Waals surface area contributed by atoms with Gasteiger partial charge in [0.2, 0.25) is 6.10 Å². The Morgan fingerprint density at radius 3 is 3.00 bits per heavy atom. The first-order valence-electron chi connectivity index (χ1n) is 2.10. The van der Waals surface area contributed by atoms with Gasteiger partial charge in [0, 0.05) is 0 Å². The minimum atomic E-state index is -0.456. The smallest absolute Gasteiger partial charge is 0.219 e. The molecule has 0 saturated carbocycles. The van der Waals surface area contributed by atoms with Gasteiger partial charge in [-0.15, -0.1) is 0 Å². The summed E-state index contributed by atoms with van der Waals surface area (Å²) in [6.45, 7) is 0. The number of nitrogens with zero attached hydrogens (tertiary/aromatic N) is 2. The van der Waals surface area contributed by atoms with E-state index in [0.29, 0.717) is 11.6 Å². The normalized spacial score (nSPS) is 26.0. The molecular weight excluding hydrogens is 128 g/mol. The second kappa shape index (κ2) is 2.01. The fourth-order valence-electron chi connectivity index (χ4n) is 0.418. The van der Waals surface area contributed by atoms with Gasteiger partial charge in [-0.1, -0.05) is 16.8 Å². The number of oxime groups is 1. The van der Waals surface area contributed by atoms with E-state index >= 15 is 0 Å². The fourth-order valence-corrected chi connectivity index (χ4v) is 0.598. The molecule has 1 aliphatic heterocycles. The first kappa shape index (κ1) is 5.39. The van der Waals surface area contributed by atoms with Gasteiger partial charge < -0.3 is 4.84 Å². The second-order valence-electron chi connectivity index (χ2n) is 1.39.